The Kier molecular flexibility index (Phi) is 12.7. The molecule has 0 aromatic heterocycles. The Hall–Kier alpha value is -2.91. The van der Waals surface area contributed by atoms with Crippen molar-refractivity contribution < 1.29 is 4.39 Å². The number of anilines is 1. The van der Waals surface area contributed by atoms with Crippen LogP contribution < -0.4 is 5.73 Å². The van der Waals surface area contributed by atoms with E-state index < -0.39 is 0 Å². The number of halogens is 1. The Morgan fingerprint density at radius 3 is 2.22 bits per heavy atom. The first-order chi connectivity index (χ1) is 19.7. The summed E-state index contributed by atoms with van der Waals surface area (Å²) < 4.78 is 11.8. The van der Waals surface area contributed by atoms with E-state index in [2.05, 4.69) is 108 Å². The molecule has 0 atom stereocenters. The topological polar surface area (TPSA) is 29.3 Å². The zero-order chi connectivity index (χ0) is 29.9. The Morgan fingerprint density at radius 2 is 1.59 bits per heavy atom. The van der Waals surface area contributed by atoms with Gasteiger partial charge in [-0.3, -0.25) is 4.39 Å². The highest BCUT2D eigenvalue weighted by atomic mass is 19.1. The zero-order valence-electron chi connectivity index (χ0n) is 26.7. The molecular formula is C38H53FN2. The number of allylic oxidation sites excluding steroid dienone is 1. The van der Waals surface area contributed by atoms with Gasteiger partial charge in [-0.2, -0.15) is 0 Å². The highest BCUT2D eigenvalue weighted by Gasteiger charge is 2.22. The van der Waals surface area contributed by atoms with Crippen molar-refractivity contribution in [2.24, 2.45) is 5.92 Å². The lowest BCUT2D eigenvalue weighted by Crippen LogP contribution is -2.28. The van der Waals surface area contributed by atoms with Crippen LogP contribution in [0.1, 0.15) is 97.9 Å². The highest BCUT2D eigenvalue weighted by molar-refractivity contribution is 6.00. The summed E-state index contributed by atoms with van der Waals surface area (Å²) in [6, 6.07) is 20.2. The third-order valence-electron chi connectivity index (χ3n) is 8.34. The largest absolute Gasteiger partial charge is 0.399 e. The Labute approximate surface area is 249 Å². The van der Waals surface area contributed by atoms with Crippen molar-refractivity contribution in [1.82, 2.24) is 4.90 Å². The SMILES string of the molecule is CCCc1ccc(C2=C(c3ccc(C)cc3)c3ccc(N)cc3CCC2)c(C)c1C.CCN(CCCF)CC(C)C. The molecule has 4 rings (SSSR count). The summed E-state index contributed by atoms with van der Waals surface area (Å²) in [7, 11) is 0. The van der Waals surface area contributed by atoms with Crippen LogP contribution in [0.15, 0.2) is 54.6 Å². The molecule has 0 aliphatic heterocycles. The molecular weight excluding hydrogens is 503 g/mol. The zero-order valence-corrected chi connectivity index (χ0v) is 26.7. The third kappa shape index (κ3) is 8.79. The molecule has 0 saturated carbocycles. The van der Waals surface area contributed by atoms with Crippen molar-refractivity contribution in [1.29, 1.82) is 0 Å². The molecule has 222 valence electrons. The number of aryl methyl sites for hydroxylation is 3. The van der Waals surface area contributed by atoms with Crippen LogP contribution >= 0.6 is 0 Å². The van der Waals surface area contributed by atoms with Gasteiger partial charge in [0.2, 0.25) is 0 Å². The molecule has 0 bridgehead atoms. The van der Waals surface area contributed by atoms with Gasteiger partial charge in [0.25, 0.3) is 0 Å². The fraction of sp³-hybridized carbons (Fsp3) is 0.474. The monoisotopic (exact) mass is 556 g/mol. The molecule has 41 heavy (non-hydrogen) atoms. The van der Waals surface area contributed by atoms with E-state index in [1.54, 1.807) is 0 Å². The molecule has 0 unspecified atom stereocenters. The molecule has 1 aliphatic carbocycles. The van der Waals surface area contributed by atoms with E-state index in [1.807, 2.05) is 0 Å². The van der Waals surface area contributed by atoms with Crippen LogP contribution in [0.3, 0.4) is 0 Å². The molecule has 0 heterocycles. The third-order valence-corrected chi connectivity index (χ3v) is 8.34. The predicted octanol–water partition coefficient (Wildman–Crippen LogP) is 9.77. The maximum Gasteiger partial charge on any atom is 0.0906 e. The van der Waals surface area contributed by atoms with E-state index in [4.69, 9.17) is 5.73 Å². The summed E-state index contributed by atoms with van der Waals surface area (Å²) in [6.45, 7) is 18.4. The fourth-order valence-corrected chi connectivity index (χ4v) is 6.05. The van der Waals surface area contributed by atoms with Gasteiger partial charge >= 0.3 is 0 Å². The molecule has 0 amide bonds. The average molecular weight is 557 g/mol. The van der Waals surface area contributed by atoms with Gasteiger partial charge in [-0.15, -0.1) is 0 Å². The van der Waals surface area contributed by atoms with E-state index in [9.17, 15) is 4.39 Å². The lowest BCUT2D eigenvalue weighted by Gasteiger charge is -2.21. The first kappa shape index (κ1) is 32.6. The first-order valence-corrected chi connectivity index (χ1v) is 15.8. The van der Waals surface area contributed by atoms with Gasteiger partial charge in [-0.1, -0.05) is 82.1 Å². The van der Waals surface area contributed by atoms with Crippen LogP contribution in [0.25, 0.3) is 11.1 Å². The van der Waals surface area contributed by atoms with Crippen molar-refractivity contribution in [3.05, 3.63) is 99.1 Å². The van der Waals surface area contributed by atoms with Gasteiger partial charge in [-0.25, -0.2) is 0 Å². The summed E-state index contributed by atoms with van der Waals surface area (Å²) in [5, 5.41) is 0. The van der Waals surface area contributed by atoms with Crippen LogP contribution in [0, 0.1) is 26.7 Å². The van der Waals surface area contributed by atoms with E-state index in [0.717, 1.165) is 51.0 Å². The molecule has 3 heteroatoms. The minimum Gasteiger partial charge on any atom is -0.399 e. The number of benzene rings is 3. The maximum absolute atomic E-state index is 11.8. The van der Waals surface area contributed by atoms with Gasteiger partial charge in [0.15, 0.2) is 0 Å². The van der Waals surface area contributed by atoms with Crippen molar-refractivity contribution in [3.8, 4) is 0 Å². The minimum atomic E-state index is -0.186. The normalized spacial score (nSPS) is 13.2. The standard InChI is InChI=1S/C29H33N.C9H20FN/c1-5-7-22-14-16-26(21(4)20(22)3)28-9-6-8-24-18-25(30)15-17-27(24)29(28)23-12-10-19(2)11-13-23;1-4-11(7-5-6-10)8-9(2)3/h10-18H,5-9,30H2,1-4H3;9H,4-8H2,1-3H3. The van der Waals surface area contributed by atoms with Gasteiger partial charge in [0.05, 0.1) is 6.67 Å². The van der Waals surface area contributed by atoms with E-state index in [-0.39, 0.29) is 6.67 Å². The van der Waals surface area contributed by atoms with E-state index in [1.165, 1.54) is 62.1 Å². The molecule has 3 aromatic rings. The average Bonchev–Trinajstić information content (AvgIpc) is 3.13. The van der Waals surface area contributed by atoms with Crippen molar-refractivity contribution in [2.45, 2.75) is 87.0 Å². The summed E-state index contributed by atoms with van der Waals surface area (Å²) in [6.07, 6.45) is 6.33. The molecule has 2 nitrogen and oxygen atoms in total. The highest BCUT2D eigenvalue weighted by Crippen LogP contribution is 2.42. The van der Waals surface area contributed by atoms with Crippen molar-refractivity contribution >= 4 is 16.8 Å². The number of hydrogen-bond donors (Lipinski definition) is 1. The van der Waals surface area contributed by atoms with Gasteiger partial charge in [0, 0.05) is 18.8 Å². The number of hydrogen-bond acceptors (Lipinski definition) is 2. The second-order valence-corrected chi connectivity index (χ2v) is 12.1. The van der Waals surface area contributed by atoms with Crippen LogP contribution in [0.4, 0.5) is 10.1 Å². The summed E-state index contributed by atoms with van der Waals surface area (Å²) in [5.74, 6) is 0.689. The second kappa shape index (κ2) is 15.9. The number of nitrogens with two attached hydrogens (primary N) is 1. The molecule has 0 fully saturated rings. The van der Waals surface area contributed by atoms with Gasteiger partial charge < -0.3 is 10.6 Å². The molecule has 0 saturated heterocycles. The summed E-state index contributed by atoms with van der Waals surface area (Å²) >= 11 is 0. The van der Waals surface area contributed by atoms with Crippen LogP contribution in [-0.4, -0.2) is 31.2 Å². The van der Waals surface area contributed by atoms with Crippen molar-refractivity contribution in [2.75, 3.05) is 32.0 Å². The number of rotatable bonds is 10. The number of fused-ring (bicyclic) bond motifs is 1. The predicted molar refractivity (Wildman–Crippen MR) is 178 cm³/mol. The lowest BCUT2D eigenvalue weighted by atomic mass is 9.84. The van der Waals surface area contributed by atoms with Crippen LogP contribution in [0.2, 0.25) is 0 Å². The quantitative estimate of drug-likeness (QED) is 0.252. The maximum atomic E-state index is 11.8. The van der Waals surface area contributed by atoms with E-state index in [0.29, 0.717) is 12.3 Å². The number of alkyl halides is 1. The number of nitrogens with zero attached hydrogens (tertiary/aromatic N) is 1. The fourth-order valence-electron chi connectivity index (χ4n) is 6.05. The van der Waals surface area contributed by atoms with Crippen LogP contribution in [-0.2, 0) is 12.8 Å². The molecule has 2 N–H and O–H groups in total. The number of nitrogen functional groups attached to an aromatic ring is 1. The Bertz CT molecular complexity index is 1290. The second-order valence-electron chi connectivity index (χ2n) is 12.1. The lowest BCUT2D eigenvalue weighted by molar-refractivity contribution is 0.244. The van der Waals surface area contributed by atoms with Crippen molar-refractivity contribution in [3.63, 3.8) is 0 Å². The molecule has 1 aliphatic rings. The van der Waals surface area contributed by atoms with Crippen LogP contribution in [0.5, 0.6) is 0 Å². The molecule has 0 spiro atoms. The van der Waals surface area contributed by atoms with Gasteiger partial charge in [-0.05, 0) is 128 Å². The van der Waals surface area contributed by atoms with Gasteiger partial charge in [0.1, 0.15) is 0 Å². The molecule has 3 aromatic carbocycles. The summed E-state index contributed by atoms with van der Waals surface area (Å²) in [4.78, 5) is 2.30. The molecule has 0 radical (unpaired) electrons. The minimum absolute atomic E-state index is 0.186. The first-order valence-electron chi connectivity index (χ1n) is 15.8. The summed E-state index contributed by atoms with van der Waals surface area (Å²) in [5.41, 5.74) is 21.0. The van der Waals surface area contributed by atoms with E-state index >= 15 is 0 Å². The Balaban J connectivity index is 0.000000358. The Morgan fingerprint density at radius 1 is 0.878 bits per heavy atom. The smallest absolute Gasteiger partial charge is 0.0906 e.